The Bertz CT molecular complexity index is 649. The highest BCUT2D eigenvalue weighted by molar-refractivity contribution is 5.70. The second kappa shape index (κ2) is 4.92. The molecule has 1 heterocycles. The largest absolute Gasteiger partial charge is 0.357 e. The van der Waals surface area contributed by atoms with E-state index in [2.05, 4.69) is 15.3 Å². The lowest BCUT2D eigenvalue weighted by molar-refractivity contribution is -0.384. The molecule has 19 heavy (non-hydrogen) atoms. The van der Waals surface area contributed by atoms with Gasteiger partial charge >= 0.3 is 5.69 Å². The van der Waals surface area contributed by atoms with E-state index in [9.17, 15) is 18.9 Å². The molecule has 1 aromatic heterocycles. The van der Waals surface area contributed by atoms with Gasteiger partial charge in [0.05, 0.1) is 4.92 Å². The number of rotatable bonds is 3. The van der Waals surface area contributed by atoms with Crippen molar-refractivity contribution in [1.29, 1.82) is 0 Å². The Balaban J connectivity index is 2.68. The van der Waals surface area contributed by atoms with Gasteiger partial charge in [-0.15, -0.1) is 0 Å². The predicted octanol–water partition coefficient (Wildman–Crippen LogP) is 2.37. The summed E-state index contributed by atoms with van der Waals surface area (Å²) in [4.78, 5) is 17.7. The minimum absolute atomic E-state index is 0.101. The van der Waals surface area contributed by atoms with Crippen molar-refractivity contribution in [3.05, 3.63) is 46.1 Å². The number of hydrogen-bond acceptors (Lipinski definition) is 5. The van der Waals surface area contributed by atoms with Gasteiger partial charge in [0.25, 0.3) is 0 Å². The summed E-state index contributed by atoms with van der Waals surface area (Å²) in [5.41, 5.74) is -0.821. The van der Waals surface area contributed by atoms with E-state index in [1.165, 1.54) is 7.05 Å². The fourth-order valence-corrected chi connectivity index (χ4v) is 1.51. The number of nitrogens with one attached hydrogen (secondary N) is 1. The number of nitrogens with zero attached hydrogens (tertiary/aromatic N) is 3. The number of nitro groups is 1. The molecule has 1 aromatic carbocycles. The molecule has 0 atom stereocenters. The van der Waals surface area contributed by atoms with Crippen LogP contribution in [-0.4, -0.2) is 21.9 Å². The van der Waals surface area contributed by atoms with Crippen LogP contribution < -0.4 is 5.32 Å². The summed E-state index contributed by atoms with van der Waals surface area (Å²) in [6, 6.07) is 2.74. The van der Waals surface area contributed by atoms with Crippen molar-refractivity contribution in [2.75, 3.05) is 12.4 Å². The average molecular weight is 266 g/mol. The summed E-state index contributed by atoms with van der Waals surface area (Å²) in [6.45, 7) is 0. The zero-order valence-electron chi connectivity index (χ0n) is 9.72. The normalized spacial score (nSPS) is 10.3. The summed E-state index contributed by atoms with van der Waals surface area (Å²) in [7, 11) is 1.52. The van der Waals surface area contributed by atoms with Crippen LogP contribution in [0.4, 0.5) is 20.4 Å². The van der Waals surface area contributed by atoms with Gasteiger partial charge in [-0.3, -0.25) is 10.1 Å². The molecule has 98 valence electrons. The van der Waals surface area contributed by atoms with Crippen molar-refractivity contribution in [2.45, 2.75) is 0 Å². The molecule has 0 bridgehead atoms. The topological polar surface area (TPSA) is 81.0 Å². The van der Waals surface area contributed by atoms with Crippen LogP contribution in [0.3, 0.4) is 0 Å². The van der Waals surface area contributed by atoms with E-state index >= 15 is 0 Å². The van der Waals surface area contributed by atoms with Gasteiger partial charge in [0.2, 0.25) is 5.95 Å². The molecule has 0 spiro atoms. The van der Waals surface area contributed by atoms with Gasteiger partial charge in [-0.2, -0.15) is 0 Å². The molecule has 0 fully saturated rings. The number of benzene rings is 1. The quantitative estimate of drug-likeness (QED) is 0.681. The lowest BCUT2D eigenvalue weighted by atomic mass is 10.1. The SMILES string of the molecule is CNc1ncc([N+](=O)[O-])c(-c2ccc(F)cc2F)n1. The van der Waals surface area contributed by atoms with Crippen LogP contribution in [0, 0.1) is 21.7 Å². The van der Waals surface area contributed by atoms with Crippen molar-refractivity contribution in [2.24, 2.45) is 0 Å². The van der Waals surface area contributed by atoms with Gasteiger partial charge in [-0.05, 0) is 12.1 Å². The lowest BCUT2D eigenvalue weighted by Crippen LogP contribution is -2.02. The molecule has 0 aliphatic rings. The van der Waals surface area contributed by atoms with Crippen LogP contribution in [0.5, 0.6) is 0 Å². The number of halogens is 2. The van der Waals surface area contributed by atoms with Crippen molar-refractivity contribution in [3.8, 4) is 11.3 Å². The molecule has 0 saturated heterocycles. The molecular formula is C11H8F2N4O2. The standard InChI is InChI=1S/C11H8F2N4O2/c1-14-11-15-5-9(17(18)19)10(16-11)7-3-2-6(12)4-8(7)13/h2-5H,1H3,(H,14,15,16). The van der Waals surface area contributed by atoms with E-state index in [0.29, 0.717) is 6.07 Å². The number of aromatic nitrogens is 2. The third-order valence-corrected chi connectivity index (χ3v) is 2.38. The second-order valence-corrected chi connectivity index (χ2v) is 3.56. The first kappa shape index (κ1) is 12.8. The summed E-state index contributed by atoms with van der Waals surface area (Å²) >= 11 is 0. The first-order valence-corrected chi connectivity index (χ1v) is 5.17. The molecule has 0 saturated carbocycles. The van der Waals surface area contributed by atoms with Crippen LogP contribution in [0.15, 0.2) is 24.4 Å². The van der Waals surface area contributed by atoms with Crippen molar-refractivity contribution < 1.29 is 13.7 Å². The van der Waals surface area contributed by atoms with E-state index in [0.717, 1.165) is 18.3 Å². The molecular weight excluding hydrogens is 258 g/mol. The molecule has 0 unspecified atom stereocenters. The van der Waals surface area contributed by atoms with E-state index in [-0.39, 0.29) is 17.2 Å². The van der Waals surface area contributed by atoms with Crippen LogP contribution in [-0.2, 0) is 0 Å². The Morgan fingerprint density at radius 3 is 2.68 bits per heavy atom. The van der Waals surface area contributed by atoms with Crippen LogP contribution >= 0.6 is 0 Å². The van der Waals surface area contributed by atoms with Crippen LogP contribution in [0.1, 0.15) is 0 Å². The Hall–Kier alpha value is -2.64. The fraction of sp³-hybridized carbons (Fsp3) is 0.0909. The molecule has 0 aliphatic heterocycles. The predicted molar refractivity (Wildman–Crippen MR) is 63.6 cm³/mol. The molecule has 0 radical (unpaired) electrons. The maximum absolute atomic E-state index is 13.7. The average Bonchev–Trinajstić information content (AvgIpc) is 2.38. The zero-order valence-corrected chi connectivity index (χ0v) is 9.72. The zero-order chi connectivity index (χ0) is 14.0. The Morgan fingerprint density at radius 1 is 1.37 bits per heavy atom. The molecule has 1 N–H and O–H groups in total. The first-order chi connectivity index (χ1) is 9.02. The molecule has 2 aromatic rings. The van der Waals surface area contributed by atoms with Gasteiger partial charge < -0.3 is 5.32 Å². The van der Waals surface area contributed by atoms with Crippen molar-refractivity contribution in [1.82, 2.24) is 9.97 Å². The summed E-state index contributed by atoms with van der Waals surface area (Å²) in [5, 5.41) is 13.5. The molecule has 2 rings (SSSR count). The van der Waals surface area contributed by atoms with E-state index in [1.807, 2.05) is 0 Å². The second-order valence-electron chi connectivity index (χ2n) is 3.56. The van der Waals surface area contributed by atoms with Crippen LogP contribution in [0.2, 0.25) is 0 Å². The minimum atomic E-state index is -0.927. The van der Waals surface area contributed by atoms with Gasteiger partial charge in [0, 0.05) is 18.7 Å². The Labute approximate surface area is 106 Å². The monoisotopic (exact) mass is 266 g/mol. The van der Waals surface area contributed by atoms with Gasteiger partial charge in [-0.25, -0.2) is 18.7 Å². The molecule has 0 amide bonds. The van der Waals surface area contributed by atoms with E-state index in [4.69, 9.17) is 0 Å². The third-order valence-electron chi connectivity index (χ3n) is 2.38. The summed E-state index contributed by atoms with van der Waals surface area (Å²) < 4.78 is 26.5. The highest BCUT2D eigenvalue weighted by atomic mass is 19.1. The van der Waals surface area contributed by atoms with Gasteiger partial charge in [-0.1, -0.05) is 0 Å². The minimum Gasteiger partial charge on any atom is -0.357 e. The fourth-order valence-electron chi connectivity index (χ4n) is 1.51. The number of hydrogen-bond donors (Lipinski definition) is 1. The van der Waals surface area contributed by atoms with Crippen LogP contribution in [0.25, 0.3) is 11.3 Å². The van der Waals surface area contributed by atoms with Gasteiger partial charge in [0.15, 0.2) is 5.69 Å². The highest BCUT2D eigenvalue weighted by Crippen LogP contribution is 2.30. The van der Waals surface area contributed by atoms with E-state index in [1.54, 1.807) is 0 Å². The van der Waals surface area contributed by atoms with Crippen molar-refractivity contribution in [3.63, 3.8) is 0 Å². The summed E-state index contributed by atoms with van der Waals surface area (Å²) in [6.07, 6.45) is 0.969. The van der Waals surface area contributed by atoms with Gasteiger partial charge in [0.1, 0.15) is 17.8 Å². The summed E-state index contributed by atoms with van der Waals surface area (Å²) in [5.74, 6) is -1.60. The first-order valence-electron chi connectivity index (χ1n) is 5.17. The molecule has 8 heteroatoms. The maximum atomic E-state index is 13.7. The smallest absolute Gasteiger partial charge is 0.313 e. The Morgan fingerprint density at radius 2 is 2.11 bits per heavy atom. The van der Waals surface area contributed by atoms with Crippen molar-refractivity contribution >= 4 is 11.6 Å². The third kappa shape index (κ3) is 2.46. The Kier molecular flexibility index (Phi) is 3.32. The number of anilines is 1. The molecule has 6 nitrogen and oxygen atoms in total. The molecule has 0 aliphatic carbocycles. The maximum Gasteiger partial charge on any atom is 0.313 e. The highest BCUT2D eigenvalue weighted by Gasteiger charge is 2.21. The lowest BCUT2D eigenvalue weighted by Gasteiger charge is -2.05. The van der Waals surface area contributed by atoms with E-state index < -0.39 is 22.2 Å².